The van der Waals surface area contributed by atoms with Gasteiger partial charge in [-0.15, -0.1) is 5.10 Å². The standard InChI is InChI=1S/C9H14N4O2/c1-6(9(14)15)5-7-8-12(2)3-4-13(8)11-10-7/h6H,3-5H2,1-2H3,(H,14,15). The van der Waals surface area contributed by atoms with Crippen molar-refractivity contribution in [2.45, 2.75) is 19.9 Å². The van der Waals surface area contributed by atoms with Gasteiger partial charge in [0, 0.05) is 20.0 Å². The van der Waals surface area contributed by atoms with E-state index in [1.807, 2.05) is 11.7 Å². The van der Waals surface area contributed by atoms with Gasteiger partial charge in [0.25, 0.3) is 0 Å². The summed E-state index contributed by atoms with van der Waals surface area (Å²) >= 11 is 0. The zero-order chi connectivity index (χ0) is 11.0. The van der Waals surface area contributed by atoms with Crippen LogP contribution in [-0.4, -0.2) is 39.7 Å². The number of carboxylic acids is 1. The SMILES string of the molecule is CC(Cc1nnn2c1N(C)CC2)C(=O)O. The molecule has 15 heavy (non-hydrogen) atoms. The maximum absolute atomic E-state index is 10.7. The molecule has 0 bridgehead atoms. The zero-order valence-electron chi connectivity index (χ0n) is 8.84. The van der Waals surface area contributed by atoms with E-state index >= 15 is 0 Å². The molecule has 1 N–H and O–H groups in total. The molecular formula is C9H14N4O2. The molecule has 2 rings (SSSR count). The van der Waals surface area contributed by atoms with Crippen molar-refractivity contribution in [3.05, 3.63) is 5.69 Å². The number of hydrogen-bond acceptors (Lipinski definition) is 4. The minimum Gasteiger partial charge on any atom is -0.481 e. The summed E-state index contributed by atoms with van der Waals surface area (Å²) in [5.74, 6) is -0.249. The van der Waals surface area contributed by atoms with Gasteiger partial charge in [-0.2, -0.15) is 0 Å². The summed E-state index contributed by atoms with van der Waals surface area (Å²) in [6, 6.07) is 0. The first-order valence-corrected chi connectivity index (χ1v) is 4.96. The number of fused-ring (bicyclic) bond motifs is 1. The molecule has 1 aromatic rings. The number of hydrogen-bond donors (Lipinski definition) is 1. The summed E-state index contributed by atoms with van der Waals surface area (Å²) in [5, 5.41) is 16.8. The van der Waals surface area contributed by atoms with Gasteiger partial charge in [-0.1, -0.05) is 12.1 Å². The maximum Gasteiger partial charge on any atom is 0.306 e. The van der Waals surface area contributed by atoms with E-state index in [0.29, 0.717) is 6.42 Å². The third-order valence-corrected chi connectivity index (χ3v) is 2.71. The fourth-order valence-electron chi connectivity index (χ4n) is 1.77. The van der Waals surface area contributed by atoms with Crippen molar-refractivity contribution >= 4 is 11.8 Å². The zero-order valence-corrected chi connectivity index (χ0v) is 8.84. The molecule has 1 unspecified atom stereocenters. The van der Waals surface area contributed by atoms with Crippen LogP contribution in [0, 0.1) is 5.92 Å². The quantitative estimate of drug-likeness (QED) is 0.759. The van der Waals surface area contributed by atoms with Crippen LogP contribution >= 0.6 is 0 Å². The first kappa shape index (κ1) is 9.95. The molecule has 0 aromatic carbocycles. The Morgan fingerprint density at radius 3 is 3.00 bits per heavy atom. The molecule has 0 aliphatic carbocycles. The summed E-state index contributed by atoms with van der Waals surface area (Å²) in [7, 11) is 1.97. The van der Waals surface area contributed by atoms with Gasteiger partial charge in [0.1, 0.15) is 5.69 Å². The molecule has 1 aliphatic rings. The molecule has 0 fully saturated rings. The van der Waals surface area contributed by atoms with Crippen molar-refractivity contribution in [1.82, 2.24) is 15.0 Å². The number of carboxylic acid groups (broad SMARTS) is 1. The molecular weight excluding hydrogens is 196 g/mol. The van der Waals surface area contributed by atoms with Crippen LogP contribution in [0.4, 0.5) is 5.82 Å². The molecule has 0 radical (unpaired) electrons. The van der Waals surface area contributed by atoms with Gasteiger partial charge < -0.3 is 10.0 Å². The molecule has 1 aliphatic heterocycles. The average molecular weight is 210 g/mol. The highest BCUT2D eigenvalue weighted by molar-refractivity contribution is 5.70. The van der Waals surface area contributed by atoms with Crippen LogP contribution in [0.25, 0.3) is 0 Å². The van der Waals surface area contributed by atoms with Crippen molar-refractivity contribution in [3.8, 4) is 0 Å². The average Bonchev–Trinajstić information content (AvgIpc) is 2.71. The summed E-state index contributed by atoms with van der Waals surface area (Å²) in [5.41, 5.74) is 0.782. The van der Waals surface area contributed by atoms with E-state index < -0.39 is 11.9 Å². The fraction of sp³-hybridized carbons (Fsp3) is 0.667. The van der Waals surface area contributed by atoms with Crippen molar-refractivity contribution in [2.24, 2.45) is 5.92 Å². The number of aromatic nitrogens is 3. The lowest BCUT2D eigenvalue weighted by molar-refractivity contribution is -0.141. The van der Waals surface area contributed by atoms with E-state index in [1.54, 1.807) is 6.92 Å². The van der Waals surface area contributed by atoms with Crippen molar-refractivity contribution in [2.75, 3.05) is 18.5 Å². The lowest BCUT2D eigenvalue weighted by Gasteiger charge is -2.11. The Labute approximate surface area is 87.5 Å². The number of carbonyl (C=O) groups is 1. The first-order chi connectivity index (χ1) is 7.09. The van der Waals surface area contributed by atoms with E-state index in [-0.39, 0.29) is 0 Å². The van der Waals surface area contributed by atoms with E-state index in [2.05, 4.69) is 15.2 Å². The van der Waals surface area contributed by atoms with Gasteiger partial charge in [-0.05, 0) is 0 Å². The maximum atomic E-state index is 10.7. The Kier molecular flexibility index (Phi) is 2.34. The Morgan fingerprint density at radius 2 is 2.33 bits per heavy atom. The van der Waals surface area contributed by atoms with Crippen molar-refractivity contribution in [3.63, 3.8) is 0 Å². The molecule has 6 nitrogen and oxygen atoms in total. The summed E-state index contributed by atoms with van der Waals surface area (Å²) < 4.78 is 1.82. The van der Waals surface area contributed by atoms with Crippen LogP contribution in [-0.2, 0) is 17.8 Å². The normalized spacial score (nSPS) is 16.5. The molecule has 0 amide bonds. The second-order valence-corrected chi connectivity index (χ2v) is 3.95. The number of nitrogens with zero attached hydrogens (tertiary/aromatic N) is 4. The molecule has 82 valence electrons. The minimum absolute atomic E-state index is 0.416. The minimum atomic E-state index is -0.794. The van der Waals surface area contributed by atoms with Crippen LogP contribution in [0.1, 0.15) is 12.6 Å². The number of anilines is 1. The largest absolute Gasteiger partial charge is 0.481 e. The molecule has 0 spiro atoms. The highest BCUT2D eigenvalue weighted by atomic mass is 16.4. The second-order valence-electron chi connectivity index (χ2n) is 3.95. The third-order valence-electron chi connectivity index (χ3n) is 2.71. The molecule has 1 aromatic heterocycles. The van der Waals surface area contributed by atoms with E-state index in [4.69, 9.17) is 5.11 Å². The molecule has 0 saturated carbocycles. The molecule has 1 atom stereocenters. The van der Waals surface area contributed by atoms with Gasteiger partial charge >= 0.3 is 5.97 Å². The Hall–Kier alpha value is -1.59. The highest BCUT2D eigenvalue weighted by Crippen LogP contribution is 2.24. The van der Waals surface area contributed by atoms with Crippen LogP contribution in [0.3, 0.4) is 0 Å². The van der Waals surface area contributed by atoms with Gasteiger partial charge in [-0.25, -0.2) is 4.68 Å². The molecule has 6 heteroatoms. The van der Waals surface area contributed by atoms with Crippen molar-refractivity contribution in [1.29, 1.82) is 0 Å². The van der Waals surface area contributed by atoms with Crippen LogP contribution in [0.15, 0.2) is 0 Å². The number of likely N-dealkylation sites (N-methyl/N-ethyl adjacent to an activating group) is 1. The smallest absolute Gasteiger partial charge is 0.306 e. The van der Waals surface area contributed by atoms with Crippen LogP contribution in [0.2, 0.25) is 0 Å². The van der Waals surface area contributed by atoms with Crippen molar-refractivity contribution < 1.29 is 9.90 Å². The lowest BCUT2D eigenvalue weighted by atomic mass is 10.1. The van der Waals surface area contributed by atoms with Crippen LogP contribution in [0.5, 0.6) is 0 Å². The Bertz CT molecular complexity index is 387. The molecule has 0 saturated heterocycles. The Morgan fingerprint density at radius 1 is 1.60 bits per heavy atom. The lowest BCUT2D eigenvalue weighted by Crippen LogP contribution is -2.17. The summed E-state index contributed by atoms with van der Waals surface area (Å²) in [4.78, 5) is 12.8. The van der Waals surface area contributed by atoms with Gasteiger partial charge in [0.15, 0.2) is 5.82 Å². The number of aliphatic carboxylic acids is 1. The molecule has 2 heterocycles. The number of rotatable bonds is 3. The monoisotopic (exact) mass is 210 g/mol. The predicted octanol–water partition coefficient (Wildman–Crippen LogP) is -0.00890. The third kappa shape index (κ3) is 1.67. The van der Waals surface area contributed by atoms with E-state index in [1.165, 1.54) is 0 Å². The van der Waals surface area contributed by atoms with Gasteiger partial charge in [0.05, 0.1) is 12.5 Å². The predicted molar refractivity (Wildman–Crippen MR) is 53.8 cm³/mol. The van der Waals surface area contributed by atoms with Crippen LogP contribution < -0.4 is 4.90 Å². The van der Waals surface area contributed by atoms with Gasteiger partial charge in [-0.3, -0.25) is 4.79 Å². The van der Waals surface area contributed by atoms with Gasteiger partial charge in [0.2, 0.25) is 0 Å². The summed E-state index contributed by atoms with van der Waals surface area (Å²) in [6.07, 6.45) is 0.439. The second kappa shape index (κ2) is 3.52. The topological polar surface area (TPSA) is 71.2 Å². The van der Waals surface area contributed by atoms with E-state index in [9.17, 15) is 4.79 Å². The summed E-state index contributed by atoms with van der Waals surface area (Å²) in [6.45, 7) is 3.43. The van der Waals surface area contributed by atoms with E-state index in [0.717, 1.165) is 24.6 Å². The fourth-order valence-corrected chi connectivity index (χ4v) is 1.77. The Balaban J connectivity index is 2.20. The first-order valence-electron chi connectivity index (χ1n) is 4.96. The highest BCUT2D eigenvalue weighted by Gasteiger charge is 2.25.